The molecule has 0 aromatic heterocycles. The van der Waals surface area contributed by atoms with Crippen LogP contribution in [0, 0.1) is 0 Å². The Hall–Kier alpha value is -1.71. The van der Waals surface area contributed by atoms with Crippen molar-refractivity contribution in [2.75, 3.05) is 6.54 Å². The molecule has 0 bridgehead atoms. The number of rotatable bonds is 5. The number of hydrogen-bond donors (Lipinski definition) is 2. The monoisotopic (exact) mass is 289 g/mol. The molecular formula is C17H27N3O. The average Bonchev–Trinajstić information content (AvgIpc) is 2.75. The molecule has 1 aliphatic rings. The van der Waals surface area contributed by atoms with E-state index >= 15 is 0 Å². The molecule has 1 aliphatic carbocycles. The Balaban J connectivity index is 1.74. The molecule has 0 saturated heterocycles. The lowest BCUT2D eigenvalue weighted by molar-refractivity contribution is 0.230. The zero-order valence-electron chi connectivity index (χ0n) is 12.9. The summed E-state index contributed by atoms with van der Waals surface area (Å²) in [6.45, 7) is 2.58. The molecule has 2 rings (SSSR count). The van der Waals surface area contributed by atoms with E-state index in [-0.39, 0.29) is 6.10 Å². The molecule has 116 valence electrons. The van der Waals surface area contributed by atoms with Gasteiger partial charge in [0.25, 0.3) is 0 Å². The highest BCUT2D eigenvalue weighted by molar-refractivity contribution is 5.78. The van der Waals surface area contributed by atoms with Crippen LogP contribution in [0.25, 0.3) is 0 Å². The molecule has 1 unspecified atom stereocenters. The summed E-state index contributed by atoms with van der Waals surface area (Å²) in [6, 6.07) is 10.3. The van der Waals surface area contributed by atoms with Crippen molar-refractivity contribution in [2.24, 2.45) is 10.7 Å². The predicted molar refractivity (Wildman–Crippen MR) is 87.6 cm³/mol. The summed E-state index contributed by atoms with van der Waals surface area (Å²) in [7, 11) is 0. The third kappa shape index (κ3) is 6.06. The molecule has 0 radical (unpaired) electrons. The first-order chi connectivity index (χ1) is 10.2. The molecule has 0 amide bonds. The fourth-order valence-electron chi connectivity index (χ4n) is 2.67. The summed E-state index contributed by atoms with van der Waals surface area (Å²) < 4.78 is 5.78. The fourth-order valence-corrected chi connectivity index (χ4v) is 2.67. The summed E-state index contributed by atoms with van der Waals surface area (Å²) in [5, 5.41) is 3.35. The van der Waals surface area contributed by atoms with Crippen molar-refractivity contribution in [2.45, 2.75) is 57.6 Å². The highest BCUT2D eigenvalue weighted by atomic mass is 16.5. The minimum Gasteiger partial charge on any atom is -0.489 e. The number of para-hydroxylation sites is 1. The minimum atomic E-state index is 0.0156. The first-order valence-corrected chi connectivity index (χ1v) is 8.02. The highest BCUT2D eigenvalue weighted by Gasteiger charge is 2.12. The van der Waals surface area contributed by atoms with Gasteiger partial charge >= 0.3 is 0 Å². The summed E-state index contributed by atoms with van der Waals surface area (Å²) in [5.41, 5.74) is 5.98. The van der Waals surface area contributed by atoms with Crippen LogP contribution >= 0.6 is 0 Å². The van der Waals surface area contributed by atoms with Crippen LogP contribution in [-0.2, 0) is 0 Å². The summed E-state index contributed by atoms with van der Waals surface area (Å²) in [6.07, 6.45) is 7.69. The number of aliphatic imine (C=N–C) groups is 1. The van der Waals surface area contributed by atoms with Crippen molar-refractivity contribution in [1.82, 2.24) is 5.32 Å². The molecular weight excluding hydrogens is 262 g/mol. The van der Waals surface area contributed by atoms with Crippen molar-refractivity contribution < 1.29 is 4.74 Å². The summed E-state index contributed by atoms with van der Waals surface area (Å²) >= 11 is 0. The number of ether oxygens (including phenoxy) is 1. The Morgan fingerprint density at radius 1 is 1.24 bits per heavy atom. The van der Waals surface area contributed by atoms with Crippen molar-refractivity contribution in [3.63, 3.8) is 0 Å². The zero-order chi connectivity index (χ0) is 14.9. The molecule has 1 saturated carbocycles. The van der Waals surface area contributed by atoms with Gasteiger partial charge in [0.15, 0.2) is 5.96 Å². The normalized spacial score (nSPS) is 18.8. The van der Waals surface area contributed by atoms with Gasteiger partial charge in [0.2, 0.25) is 0 Å². The molecule has 3 N–H and O–H groups in total. The number of nitrogens with one attached hydrogen (secondary N) is 1. The van der Waals surface area contributed by atoms with E-state index in [0.717, 1.165) is 5.75 Å². The molecule has 0 heterocycles. The number of nitrogens with zero attached hydrogens (tertiary/aromatic N) is 1. The maximum Gasteiger partial charge on any atom is 0.188 e. The molecule has 1 aromatic rings. The van der Waals surface area contributed by atoms with Crippen LogP contribution in [0.15, 0.2) is 35.3 Å². The van der Waals surface area contributed by atoms with E-state index in [9.17, 15) is 0 Å². The van der Waals surface area contributed by atoms with Crippen LogP contribution in [-0.4, -0.2) is 24.7 Å². The lowest BCUT2D eigenvalue weighted by atomic mass is 10.1. The van der Waals surface area contributed by atoms with Crippen molar-refractivity contribution in [3.8, 4) is 5.75 Å². The third-order valence-electron chi connectivity index (χ3n) is 3.81. The molecule has 1 aromatic carbocycles. The van der Waals surface area contributed by atoms with Gasteiger partial charge in [-0.25, -0.2) is 4.99 Å². The highest BCUT2D eigenvalue weighted by Crippen LogP contribution is 2.17. The van der Waals surface area contributed by atoms with E-state index in [1.165, 1.54) is 38.5 Å². The molecule has 0 spiro atoms. The quantitative estimate of drug-likeness (QED) is 0.497. The second-order valence-electron chi connectivity index (χ2n) is 5.80. The lowest BCUT2D eigenvalue weighted by Gasteiger charge is -2.17. The van der Waals surface area contributed by atoms with Gasteiger partial charge in [-0.1, -0.05) is 43.9 Å². The van der Waals surface area contributed by atoms with Crippen LogP contribution in [0.1, 0.15) is 45.4 Å². The maximum atomic E-state index is 5.98. The van der Waals surface area contributed by atoms with Crippen LogP contribution in [0.4, 0.5) is 0 Å². The number of nitrogens with two attached hydrogens (primary N) is 1. The Morgan fingerprint density at radius 3 is 2.57 bits per heavy atom. The largest absolute Gasteiger partial charge is 0.489 e. The van der Waals surface area contributed by atoms with Crippen molar-refractivity contribution >= 4 is 5.96 Å². The fraction of sp³-hybridized carbons (Fsp3) is 0.588. The van der Waals surface area contributed by atoms with Crippen molar-refractivity contribution in [3.05, 3.63) is 30.3 Å². The predicted octanol–water partition coefficient (Wildman–Crippen LogP) is 3.08. The van der Waals surface area contributed by atoms with Crippen LogP contribution < -0.4 is 15.8 Å². The SMILES string of the molecule is CC(CN=C(N)NC1CCCCCC1)Oc1ccccc1. The Kier molecular flexibility index (Phi) is 6.38. The smallest absolute Gasteiger partial charge is 0.188 e. The molecule has 0 aliphatic heterocycles. The molecule has 21 heavy (non-hydrogen) atoms. The minimum absolute atomic E-state index is 0.0156. The lowest BCUT2D eigenvalue weighted by Crippen LogP contribution is -2.40. The standard InChI is InChI=1S/C17H27N3O/c1-14(21-16-11-7-4-8-12-16)13-19-17(18)20-15-9-5-2-3-6-10-15/h4,7-8,11-12,14-15H,2-3,5-6,9-10,13H2,1H3,(H3,18,19,20). The number of benzene rings is 1. The number of guanidine groups is 1. The van der Waals surface area contributed by atoms with Crippen LogP contribution in [0.5, 0.6) is 5.75 Å². The van der Waals surface area contributed by atoms with Gasteiger partial charge in [-0.15, -0.1) is 0 Å². The first kappa shape index (κ1) is 15.7. The van der Waals surface area contributed by atoms with E-state index in [4.69, 9.17) is 10.5 Å². The zero-order valence-corrected chi connectivity index (χ0v) is 12.9. The number of hydrogen-bond acceptors (Lipinski definition) is 2. The maximum absolute atomic E-state index is 5.98. The summed E-state index contributed by atoms with van der Waals surface area (Å²) in [4.78, 5) is 4.40. The molecule has 4 heteroatoms. The second kappa shape index (κ2) is 8.55. The summed E-state index contributed by atoms with van der Waals surface area (Å²) in [5.74, 6) is 1.42. The Morgan fingerprint density at radius 2 is 1.90 bits per heavy atom. The molecule has 4 nitrogen and oxygen atoms in total. The van der Waals surface area contributed by atoms with E-state index in [1.54, 1.807) is 0 Å². The van der Waals surface area contributed by atoms with Crippen LogP contribution in [0.3, 0.4) is 0 Å². The van der Waals surface area contributed by atoms with Gasteiger partial charge in [0, 0.05) is 6.04 Å². The van der Waals surface area contributed by atoms with E-state index in [1.807, 2.05) is 37.3 Å². The van der Waals surface area contributed by atoms with E-state index in [0.29, 0.717) is 18.5 Å². The average molecular weight is 289 g/mol. The molecule has 1 atom stereocenters. The van der Waals surface area contributed by atoms with Gasteiger partial charge in [0.1, 0.15) is 11.9 Å². The second-order valence-corrected chi connectivity index (χ2v) is 5.80. The van der Waals surface area contributed by atoms with Gasteiger partial charge < -0.3 is 15.8 Å². The van der Waals surface area contributed by atoms with Gasteiger partial charge in [-0.3, -0.25) is 0 Å². The van der Waals surface area contributed by atoms with Gasteiger partial charge in [0.05, 0.1) is 6.54 Å². The van der Waals surface area contributed by atoms with E-state index < -0.39 is 0 Å². The Bertz CT molecular complexity index is 425. The third-order valence-corrected chi connectivity index (χ3v) is 3.81. The molecule has 1 fully saturated rings. The van der Waals surface area contributed by atoms with E-state index in [2.05, 4.69) is 10.3 Å². The van der Waals surface area contributed by atoms with Crippen molar-refractivity contribution in [1.29, 1.82) is 0 Å². The topological polar surface area (TPSA) is 59.6 Å². The van der Waals surface area contributed by atoms with Crippen LogP contribution in [0.2, 0.25) is 0 Å². The van der Waals surface area contributed by atoms with Gasteiger partial charge in [-0.2, -0.15) is 0 Å². The Labute approximate surface area is 127 Å². The first-order valence-electron chi connectivity index (χ1n) is 8.02. The van der Waals surface area contributed by atoms with Gasteiger partial charge in [-0.05, 0) is 31.9 Å².